The van der Waals surface area contributed by atoms with Gasteiger partial charge in [-0.1, -0.05) is 30.3 Å². The first kappa shape index (κ1) is 15.9. The Balaban J connectivity index is 2.05. The molecule has 1 aromatic carbocycles. The van der Waals surface area contributed by atoms with E-state index in [0.29, 0.717) is 6.42 Å². The highest BCUT2D eigenvalue weighted by Gasteiger charge is 2.29. The molecule has 0 unspecified atom stereocenters. The van der Waals surface area contributed by atoms with Crippen molar-refractivity contribution < 1.29 is 13.6 Å². The number of piperidine rings is 1. The zero-order valence-corrected chi connectivity index (χ0v) is 12.3. The normalized spacial score (nSPS) is 22.3. The Hall–Kier alpha value is -1.49. The van der Waals surface area contributed by atoms with Crippen molar-refractivity contribution >= 4 is 5.91 Å². The molecule has 0 spiro atoms. The molecule has 1 amide bonds. The second-order valence-electron chi connectivity index (χ2n) is 5.67. The zero-order chi connectivity index (χ0) is 15.2. The van der Waals surface area contributed by atoms with Crippen LogP contribution in [-0.2, 0) is 11.3 Å². The van der Waals surface area contributed by atoms with Crippen molar-refractivity contribution in [2.45, 2.75) is 38.8 Å². The standard InChI is InChI=1S/C16H22F2N2O/c1-12-9-14(7-8-19-12)16(21)20(11-15(17)18)10-13-5-3-2-4-6-13/h2-6,12,14-15,19H,7-11H2,1H3/t12-,14-/m0/s1. The number of amides is 1. The molecule has 116 valence electrons. The molecule has 3 nitrogen and oxygen atoms in total. The summed E-state index contributed by atoms with van der Waals surface area (Å²) in [7, 11) is 0. The lowest BCUT2D eigenvalue weighted by Crippen LogP contribution is -2.45. The van der Waals surface area contributed by atoms with Crippen LogP contribution in [0.3, 0.4) is 0 Å². The van der Waals surface area contributed by atoms with Crippen LogP contribution >= 0.6 is 0 Å². The van der Waals surface area contributed by atoms with Crippen LogP contribution in [0, 0.1) is 5.92 Å². The van der Waals surface area contributed by atoms with E-state index in [0.717, 1.165) is 18.5 Å². The molecule has 21 heavy (non-hydrogen) atoms. The van der Waals surface area contributed by atoms with Crippen LogP contribution in [0.2, 0.25) is 0 Å². The first-order chi connectivity index (χ1) is 10.1. The zero-order valence-electron chi connectivity index (χ0n) is 12.3. The summed E-state index contributed by atoms with van der Waals surface area (Å²) in [6.45, 7) is 2.55. The van der Waals surface area contributed by atoms with E-state index < -0.39 is 13.0 Å². The highest BCUT2D eigenvalue weighted by Crippen LogP contribution is 2.20. The van der Waals surface area contributed by atoms with E-state index in [1.807, 2.05) is 37.3 Å². The fourth-order valence-corrected chi connectivity index (χ4v) is 2.82. The summed E-state index contributed by atoms with van der Waals surface area (Å²) in [6.07, 6.45) is -1.07. The monoisotopic (exact) mass is 296 g/mol. The number of alkyl halides is 2. The van der Waals surface area contributed by atoms with Gasteiger partial charge in [0.05, 0.1) is 6.54 Å². The van der Waals surface area contributed by atoms with Gasteiger partial charge in [-0.25, -0.2) is 8.78 Å². The van der Waals surface area contributed by atoms with Crippen LogP contribution in [-0.4, -0.2) is 36.4 Å². The SMILES string of the molecule is C[C@H]1C[C@@H](C(=O)N(Cc2ccccc2)CC(F)F)CCN1. The lowest BCUT2D eigenvalue weighted by molar-refractivity contribution is -0.139. The second kappa shape index (κ2) is 7.50. The molecule has 1 fully saturated rings. The Kier molecular flexibility index (Phi) is 5.67. The molecule has 1 aromatic rings. The average molecular weight is 296 g/mol. The van der Waals surface area contributed by atoms with E-state index in [2.05, 4.69) is 5.32 Å². The predicted molar refractivity (Wildman–Crippen MR) is 78.1 cm³/mol. The maximum absolute atomic E-state index is 12.8. The van der Waals surface area contributed by atoms with Gasteiger partial charge in [-0.05, 0) is 31.9 Å². The molecule has 0 aromatic heterocycles. The Bertz CT molecular complexity index is 453. The highest BCUT2D eigenvalue weighted by molar-refractivity contribution is 5.79. The van der Waals surface area contributed by atoms with Crippen molar-refractivity contribution in [2.75, 3.05) is 13.1 Å². The lowest BCUT2D eigenvalue weighted by Gasteiger charge is -2.32. The molecule has 1 aliphatic rings. The molecular formula is C16H22F2N2O. The Morgan fingerprint density at radius 3 is 2.71 bits per heavy atom. The van der Waals surface area contributed by atoms with Crippen molar-refractivity contribution in [3.63, 3.8) is 0 Å². The molecule has 2 atom stereocenters. The van der Waals surface area contributed by atoms with Gasteiger partial charge in [0, 0.05) is 18.5 Å². The minimum absolute atomic E-state index is 0.146. The number of nitrogens with one attached hydrogen (secondary N) is 1. The number of carbonyl (C=O) groups excluding carboxylic acids is 1. The Morgan fingerprint density at radius 1 is 1.38 bits per heavy atom. The van der Waals surface area contributed by atoms with Crippen LogP contribution in [0.5, 0.6) is 0 Å². The molecular weight excluding hydrogens is 274 g/mol. The van der Waals surface area contributed by atoms with Crippen LogP contribution in [0.1, 0.15) is 25.3 Å². The number of nitrogens with zero attached hydrogens (tertiary/aromatic N) is 1. The van der Waals surface area contributed by atoms with Gasteiger partial charge >= 0.3 is 0 Å². The molecule has 0 saturated carbocycles. The topological polar surface area (TPSA) is 32.3 Å². The molecule has 5 heteroatoms. The van der Waals surface area contributed by atoms with Crippen molar-refractivity contribution in [1.29, 1.82) is 0 Å². The predicted octanol–water partition coefficient (Wildman–Crippen LogP) is 2.67. The van der Waals surface area contributed by atoms with Gasteiger partial charge in [0.25, 0.3) is 6.43 Å². The van der Waals surface area contributed by atoms with Crippen molar-refractivity contribution in [1.82, 2.24) is 10.2 Å². The van der Waals surface area contributed by atoms with Crippen molar-refractivity contribution in [3.05, 3.63) is 35.9 Å². The maximum Gasteiger partial charge on any atom is 0.255 e. The second-order valence-corrected chi connectivity index (χ2v) is 5.67. The number of rotatable bonds is 5. The fraction of sp³-hybridized carbons (Fsp3) is 0.562. The fourth-order valence-electron chi connectivity index (χ4n) is 2.82. The van der Waals surface area contributed by atoms with E-state index in [1.165, 1.54) is 4.90 Å². The first-order valence-electron chi connectivity index (χ1n) is 7.40. The van der Waals surface area contributed by atoms with Crippen LogP contribution in [0.15, 0.2) is 30.3 Å². The third-order valence-corrected chi connectivity index (χ3v) is 3.86. The van der Waals surface area contributed by atoms with Gasteiger partial charge in [-0.3, -0.25) is 4.79 Å². The van der Waals surface area contributed by atoms with Gasteiger partial charge in [-0.15, -0.1) is 0 Å². The summed E-state index contributed by atoms with van der Waals surface area (Å²) in [5, 5.41) is 3.28. The summed E-state index contributed by atoms with van der Waals surface area (Å²) >= 11 is 0. The van der Waals surface area contributed by atoms with Crippen LogP contribution < -0.4 is 5.32 Å². The van der Waals surface area contributed by atoms with Crippen molar-refractivity contribution in [2.24, 2.45) is 5.92 Å². The summed E-state index contributed by atoms with van der Waals surface area (Å²) in [4.78, 5) is 13.9. The summed E-state index contributed by atoms with van der Waals surface area (Å²) < 4.78 is 25.6. The molecule has 1 heterocycles. The molecule has 1 saturated heterocycles. The van der Waals surface area contributed by atoms with Gasteiger partial charge in [-0.2, -0.15) is 0 Å². The van der Waals surface area contributed by atoms with E-state index in [1.54, 1.807) is 0 Å². The summed E-state index contributed by atoms with van der Waals surface area (Å²) in [6, 6.07) is 9.56. The summed E-state index contributed by atoms with van der Waals surface area (Å²) in [5.74, 6) is -0.295. The Labute approximate surface area is 124 Å². The average Bonchev–Trinajstić information content (AvgIpc) is 2.46. The third-order valence-electron chi connectivity index (χ3n) is 3.86. The number of hydrogen-bond acceptors (Lipinski definition) is 2. The smallest absolute Gasteiger partial charge is 0.255 e. The maximum atomic E-state index is 12.8. The van der Waals surface area contributed by atoms with Crippen LogP contribution in [0.4, 0.5) is 8.78 Å². The van der Waals surface area contributed by atoms with E-state index in [9.17, 15) is 13.6 Å². The number of hydrogen-bond donors (Lipinski definition) is 1. The molecule has 0 radical (unpaired) electrons. The molecule has 1 aliphatic heterocycles. The molecule has 0 bridgehead atoms. The lowest BCUT2D eigenvalue weighted by atomic mass is 9.92. The van der Waals surface area contributed by atoms with Gasteiger partial charge in [0.1, 0.15) is 0 Å². The van der Waals surface area contributed by atoms with E-state index >= 15 is 0 Å². The molecule has 2 rings (SSSR count). The Morgan fingerprint density at radius 2 is 2.10 bits per heavy atom. The molecule has 1 N–H and O–H groups in total. The summed E-state index contributed by atoms with van der Waals surface area (Å²) in [5.41, 5.74) is 0.883. The number of carbonyl (C=O) groups is 1. The number of benzene rings is 1. The largest absolute Gasteiger partial charge is 0.332 e. The van der Waals surface area contributed by atoms with E-state index in [-0.39, 0.29) is 24.4 Å². The van der Waals surface area contributed by atoms with E-state index in [4.69, 9.17) is 0 Å². The van der Waals surface area contributed by atoms with Gasteiger partial charge in [0.15, 0.2) is 0 Å². The van der Waals surface area contributed by atoms with Gasteiger partial charge < -0.3 is 10.2 Å². The van der Waals surface area contributed by atoms with Crippen molar-refractivity contribution in [3.8, 4) is 0 Å². The number of halogens is 2. The quantitative estimate of drug-likeness (QED) is 0.906. The van der Waals surface area contributed by atoms with Gasteiger partial charge in [0.2, 0.25) is 5.91 Å². The minimum atomic E-state index is -2.50. The third kappa shape index (κ3) is 4.77. The highest BCUT2D eigenvalue weighted by atomic mass is 19.3. The first-order valence-corrected chi connectivity index (χ1v) is 7.40. The molecule has 0 aliphatic carbocycles. The van der Waals surface area contributed by atoms with Crippen LogP contribution in [0.25, 0.3) is 0 Å². The minimum Gasteiger partial charge on any atom is -0.332 e.